The monoisotopic (exact) mass is 433 g/mol. The number of aliphatic hydroxyl groups excluding tert-OH is 1. The maximum absolute atomic E-state index is 13.8. The lowest BCUT2D eigenvalue weighted by atomic mass is 9.60. The lowest BCUT2D eigenvalue weighted by Crippen LogP contribution is -2.39. The molecule has 0 saturated carbocycles. The number of benzene rings is 3. The average Bonchev–Trinajstić information content (AvgIpc) is 2.82. The largest absolute Gasteiger partial charge is 0.379 e. The van der Waals surface area contributed by atoms with Crippen LogP contribution < -0.4 is 5.73 Å². The van der Waals surface area contributed by atoms with Crippen molar-refractivity contribution in [2.75, 3.05) is 0 Å². The summed E-state index contributed by atoms with van der Waals surface area (Å²) in [5, 5.41) is 10.3. The summed E-state index contributed by atoms with van der Waals surface area (Å²) in [6.45, 7) is 1.88. The van der Waals surface area contributed by atoms with Gasteiger partial charge in [-0.3, -0.25) is 4.79 Å². The molecule has 3 nitrogen and oxygen atoms in total. The van der Waals surface area contributed by atoms with Crippen LogP contribution in [-0.2, 0) is 10.2 Å². The van der Waals surface area contributed by atoms with Crippen molar-refractivity contribution in [1.82, 2.24) is 0 Å². The fourth-order valence-corrected chi connectivity index (χ4v) is 4.80. The Balaban J connectivity index is 2.23. The summed E-state index contributed by atoms with van der Waals surface area (Å²) >= 11 is 0. The number of halogens is 1. The number of nitrogens with two attached hydrogens (primary N) is 1. The van der Waals surface area contributed by atoms with Gasteiger partial charge in [0.25, 0.3) is 0 Å². The summed E-state index contributed by atoms with van der Waals surface area (Å²) in [5.41, 5.74) is 8.48. The van der Waals surface area contributed by atoms with E-state index in [0.29, 0.717) is 32.1 Å². The van der Waals surface area contributed by atoms with Crippen LogP contribution in [0.15, 0.2) is 84.9 Å². The zero-order valence-corrected chi connectivity index (χ0v) is 18.6. The van der Waals surface area contributed by atoms with Crippen molar-refractivity contribution < 1.29 is 14.3 Å². The van der Waals surface area contributed by atoms with E-state index in [1.807, 2.05) is 43.3 Å². The van der Waals surface area contributed by atoms with Crippen LogP contribution in [0.25, 0.3) is 0 Å². The average molecular weight is 434 g/mol. The molecule has 0 heterocycles. The first-order valence-electron chi connectivity index (χ1n) is 11.3. The van der Waals surface area contributed by atoms with Crippen LogP contribution in [0.1, 0.15) is 61.6 Å². The van der Waals surface area contributed by atoms with Crippen molar-refractivity contribution in [1.29, 1.82) is 0 Å². The van der Waals surface area contributed by atoms with E-state index in [4.69, 9.17) is 5.73 Å². The summed E-state index contributed by atoms with van der Waals surface area (Å²) in [6.07, 6.45) is 1.69. The van der Waals surface area contributed by atoms with E-state index in [2.05, 4.69) is 24.3 Å². The second-order valence-electron chi connectivity index (χ2n) is 8.36. The molecule has 0 bridgehead atoms. The van der Waals surface area contributed by atoms with E-state index in [0.717, 1.165) is 16.7 Å². The molecule has 0 radical (unpaired) electrons. The van der Waals surface area contributed by atoms with Crippen LogP contribution in [-0.4, -0.2) is 17.1 Å². The SMILES string of the molecule is CCC(=O)CCCC(c1ccccc1)(c1ccccc1)C(CC(N)O)c1ccc(F)cc1. The number of hydrogen-bond donors (Lipinski definition) is 2. The molecule has 32 heavy (non-hydrogen) atoms. The smallest absolute Gasteiger partial charge is 0.132 e. The van der Waals surface area contributed by atoms with Gasteiger partial charge in [0.15, 0.2) is 0 Å². The maximum Gasteiger partial charge on any atom is 0.132 e. The lowest BCUT2D eigenvalue weighted by Gasteiger charge is -2.43. The zero-order chi connectivity index (χ0) is 23.0. The van der Waals surface area contributed by atoms with Crippen molar-refractivity contribution in [3.63, 3.8) is 0 Å². The topological polar surface area (TPSA) is 63.3 Å². The second kappa shape index (κ2) is 11.2. The normalized spacial score (nSPS) is 13.5. The van der Waals surface area contributed by atoms with Gasteiger partial charge < -0.3 is 10.8 Å². The first-order valence-corrected chi connectivity index (χ1v) is 11.3. The summed E-state index contributed by atoms with van der Waals surface area (Å²) in [6, 6.07) is 26.8. The predicted octanol–water partition coefficient (Wildman–Crippen LogP) is 5.71. The van der Waals surface area contributed by atoms with Gasteiger partial charge in [0, 0.05) is 24.2 Å². The van der Waals surface area contributed by atoms with Crippen LogP contribution in [0.5, 0.6) is 0 Å². The van der Waals surface area contributed by atoms with Crippen LogP contribution in [0.4, 0.5) is 4.39 Å². The Bertz CT molecular complexity index is 932. The standard InChI is InChI=1S/C28H32FNO2/c1-2-25(31)14-9-19-28(22-10-5-3-6-11-22,23-12-7-4-8-13-23)26(20-27(30)32)21-15-17-24(29)18-16-21/h3-8,10-13,15-18,26-27,32H,2,9,14,19-20,30H2,1H3. The molecule has 0 aliphatic rings. The van der Waals surface area contributed by atoms with E-state index in [1.54, 1.807) is 12.1 Å². The number of carbonyl (C=O) groups excluding carboxylic acids is 1. The van der Waals surface area contributed by atoms with E-state index in [9.17, 15) is 14.3 Å². The number of ketones is 1. The van der Waals surface area contributed by atoms with Gasteiger partial charge >= 0.3 is 0 Å². The molecule has 0 fully saturated rings. The molecule has 168 valence electrons. The maximum atomic E-state index is 13.8. The minimum Gasteiger partial charge on any atom is -0.379 e. The summed E-state index contributed by atoms with van der Waals surface area (Å²) < 4.78 is 13.8. The quantitative estimate of drug-likeness (QED) is 0.381. The van der Waals surface area contributed by atoms with Crippen LogP contribution in [0, 0.1) is 5.82 Å². The highest BCUT2D eigenvalue weighted by molar-refractivity contribution is 5.77. The third-order valence-corrected chi connectivity index (χ3v) is 6.34. The number of carbonyl (C=O) groups is 1. The molecular formula is C28H32FNO2. The third kappa shape index (κ3) is 5.50. The van der Waals surface area contributed by atoms with Crippen molar-refractivity contribution in [3.05, 3.63) is 107 Å². The van der Waals surface area contributed by atoms with Crippen LogP contribution in [0.2, 0.25) is 0 Å². The Labute approximate surface area is 190 Å². The van der Waals surface area contributed by atoms with Crippen LogP contribution >= 0.6 is 0 Å². The zero-order valence-electron chi connectivity index (χ0n) is 18.6. The molecular weight excluding hydrogens is 401 g/mol. The van der Waals surface area contributed by atoms with Gasteiger partial charge in [0.1, 0.15) is 17.8 Å². The summed E-state index contributed by atoms with van der Waals surface area (Å²) in [5.74, 6) is -0.291. The molecule has 3 aromatic rings. The minimum atomic E-state index is -1.03. The lowest BCUT2D eigenvalue weighted by molar-refractivity contribution is -0.118. The van der Waals surface area contributed by atoms with E-state index in [-0.39, 0.29) is 17.5 Å². The Morgan fingerprint density at radius 2 is 1.47 bits per heavy atom. The Hall–Kier alpha value is -2.82. The van der Waals surface area contributed by atoms with Crippen molar-refractivity contribution >= 4 is 5.78 Å². The summed E-state index contributed by atoms with van der Waals surface area (Å²) in [7, 11) is 0. The van der Waals surface area contributed by atoms with Crippen LogP contribution in [0.3, 0.4) is 0 Å². The first kappa shape index (κ1) is 23.8. The fourth-order valence-electron chi connectivity index (χ4n) is 4.80. The highest BCUT2D eigenvalue weighted by atomic mass is 19.1. The van der Waals surface area contributed by atoms with Crippen molar-refractivity contribution in [3.8, 4) is 0 Å². The number of rotatable bonds is 11. The molecule has 3 rings (SSSR count). The van der Waals surface area contributed by atoms with Crippen molar-refractivity contribution in [2.24, 2.45) is 5.73 Å². The highest BCUT2D eigenvalue weighted by Gasteiger charge is 2.43. The van der Waals surface area contributed by atoms with Gasteiger partial charge in [0.05, 0.1) is 0 Å². The number of Topliss-reactive ketones (excluding diaryl/α,β-unsaturated/α-hetero) is 1. The molecule has 0 amide bonds. The van der Waals surface area contributed by atoms with Gasteiger partial charge in [0.2, 0.25) is 0 Å². The highest BCUT2D eigenvalue weighted by Crippen LogP contribution is 2.50. The molecule has 0 aliphatic heterocycles. The molecule has 0 aromatic heterocycles. The van der Waals surface area contributed by atoms with Gasteiger partial charge in [-0.05, 0) is 48.1 Å². The molecule has 2 atom stereocenters. The Morgan fingerprint density at radius 3 is 1.94 bits per heavy atom. The van der Waals surface area contributed by atoms with E-state index < -0.39 is 11.6 Å². The van der Waals surface area contributed by atoms with Gasteiger partial charge in [-0.1, -0.05) is 79.7 Å². The first-order chi connectivity index (χ1) is 15.5. The molecule has 2 unspecified atom stereocenters. The minimum absolute atomic E-state index is 0.218. The molecule has 0 saturated heterocycles. The predicted molar refractivity (Wildman–Crippen MR) is 127 cm³/mol. The van der Waals surface area contributed by atoms with E-state index >= 15 is 0 Å². The molecule has 0 aliphatic carbocycles. The summed E-state index contributed by atoms with van der Waals surface area (Å²) in [4.78, 5) is 12.1. The van der Waals surface area contributed by atoms with Gasteiger partial charge in [-0.15, -0.1) is 0 Å². The Morgan fingerprint density at radius 1 is 0.938 bits per heavy atom. The third-order valence-electron chi connectivity index (χ3n) is 6.34. The second-order valence-corrected chi connectivity index (χ2v) is 8.36. The van der Waals surface area contributed by atoms with E-state index in [1.165, 1.54) is 12.1 Å². The molecule has 0 spiro atoms. The molecule has 3 aromatic carbocycles. The van der Waals surface area contributed by atoms with Gasteiger partial charge in [-0.2, -0.15) is 0 Å². The van der Waals surface area contributed by atoms with Gasteiger partial charge in [-0.25, -0.2) is 4.39 Å². The Kier molecular flexibility index (Phi) is 8.32. The van der Waals surface area contributed by atoms with Crippen molar-refractivity contribution in [2.45, 2.75) is 56.6 Å². The molecule has 4 heteroatoms. The number of hydrogen-bond acceptors (Lipinski definition) is 3. The number of aliphatic hydroxyl groups is 1. The fraction of sp³-hybridized carbons (Fsp3) is 0.321. The molecule has 3 N–H and O–H groups in total.